The van der Waals surface area contributed by atoms with Gasteiger partial charge in [0.25, 0.3) is 0 Å². The van der Waals surface area contributed by atoms with Gasteiger partial charge in [-0.05, 0) is 32.5 Å². The van der Waals surface area contributed by atoms with E-state index in [0.717, 1.165) is 38.7 Å². The van der Waals surface area contributed by atoms with Gasteiger partial charge in [-0.2, -0.15) is 0 Å². The zero-order chi connectivity index (χ0) is 15.2. The highest BCUT2D eigenvalue weighted by atomic mass is 16.6. The van der Waals surface area contributed by atoms with E-state index in [4.69, 9.17) is 14.0 Å². The van der Waals surface area contributed by atoms with Crippen molar-refractivity contribution >= 4 is 19.1 Å². The van der Waals surface area contributed by atoms with Crippen molar-refractivity contribution in [2.75, 3.05) is 19.7 Å². The molecule has 2 aliphatic rings. The first-order chi connectivity index (χ1) is 10.1. The fourth-order valence-electron chi connectivity index (χ4n) is 2.99. The van der Waals surface area contributed by atoms with Crippen LogP contribution >= 0.6 is 0 Å². The topological polar surface area (TPSA) is 65.1 Å². The molecule has 21 heavy (non-hydrogen) atoms. The van der Waals surface area contributed by atoms with Crippen LogP contribution in [0.1, 0.15) is 39.0 Å². The number of ether oxygens (including phenoxy) is 1. The molecule has 1 aliphatic carbocycles. The lowest BCUT2D eigenvalue weighted by molar-refractivity contribution is -0.148. The molecule has 0 spiro atoms. The quantitative estimate of drug-likeness (QED) is 0.562. The van der Waals surface area contributed by atoms with Crippen LogP contribution < -0.4 is 0 Å². The van der Waals surface area contributed by atoms with Crippen molar-refractivity contribution in [2.45, 2.75) is 58.0 Å². The van der Waals surface area contributed by atoms with Gasteiger partial charge in [0.1, 0.15) is 0 Å². The summed E-state index contributed by atoms with van der Waals surface area (Å²) in [7, 11) is -0.799. The molecule has 0 aromatic carbocycles. The van der Waals surface area contributed by atoms with Crippen molar-refractivity contribution in [1.29, 1.82) is 0 Å². The molecule has 1 aliphatic heterocycles. The number of nitrogens with zero attached hydrogens (tertiary/aromatic N) is 1. The van der Waals surface area contributed by atoms with E-state index in [9.17, 15) is 9.59 Å². The molecule has 2 atom stereocenters. The summed E-state index contributed by atoms with van der Waals surface area (Å²) < 4.78 is 16.0. The number of carbonyl (C=O) groups excluding carboxylic acids is 2. The lowest BCUT2D eigenvalue weighted by Crippen LogP contribution is -2.50. The molecule has 1 saturated carbocycles. The molecule has 0 bridgehead atoms. The van der Waals surface area contributed by atoms with E-state index in [2.05, 4.69) is 6.92 Å². The molecule has 0 N–H and O–H groups in total. The second-order valence-electron chi connectivity index (χ2n) is 5.71. The summed E-state index contributed by atoms with van der Waals surface area (Å²) in [6.07, 6.45) is 5.19. The maximum Gasteiger partial charge on any atom is 0.595 e. The molecule has 2 rings (SSSR count). The number of unbranched alkanes of at least 4 members (excludes halogenated alkanes) is 1. The molecule has 7 heteroatoms. The average molecular weight is 297 g/mol. The molecule has 0 unspecified atom stereocenters. The molecule has 1 heterocycles. The predicted molar refractivity (Wildman–Crippen MR) is 77.7 cm³/mol. The summed E-state index contributed by atoms with van der Waals surface area (Å²) in [4.78, 5) is 25.4. The molecule has 6 nitrogen and oxygen atoms in total. The van der Waals surface area contributed by atoms with E-state index < -0.39 is 7.12 Å². The van der Waals surface area contributed by atoms with Gasteiger partial charge in [0.2, 0.25) is 0 Å². The smallest absolute Gasteiger partial charge is 0.498 e. The minimum absolute atomic E-state index is 0.0917. The highest BCUT2D eigenvalue weighted by molar-refractivity contribution is 6.47. The van der Waals surface area contributed by atoms with E-state index in [1.54, 1.807) is 6.82 Å². The highest BCUT2D eigenvalue weighted by Crippen LogP contribution is 2.27. The molecule has 1 saturated heterocycles. The SMILES string of the molecule is CCCCO[C@H]1CCC[C@@H]1N1CC(=O)OB(C)OC(=O)C1. The molecule has 0 aromatic rings. The van der Waals surface area contributed by atoms with Gasteiger partial charge in [0.05, 0.1) is 19.2 Å². The summed E-state index contributed by atoms with van der Waals surface area (Å²) >= 11 is 0. The Bertz CT molecular complexity index is 358. The summed E-state index contributed by atoms with van der Waals surface area (Å²) in [5.74, 6) is -0.705. The third kappa shape index (κ3) is 4.71. The second kappa shape index (κ2) is 7.80. The van der Waals surface area contributed by atoms with E-state index >= 15 is 0 Å². The normalized spacial score (nSPS) is 28.0. The van der Waals surface area contributed by atoms with Crippen LogP contribution in [0.25, 0.3) is 0 Å². The van der Waals surface area contributed by atoms with E-state index in [1.165, 1.54) is 0 Å². The van der Waals surface area contributed by atoms with Gasteiger partial charge >= 0.3 is 19.1 Å². The molecule has 0 radical (unpaired) electrons. The van der Waals surface area contributed by atoms with Crippen LogP contribution in [0.3, 0.4) is 0 Å². The van der Waals surface area contributed by atoms with Gasteiger partial charge in [-0.3, -0.25) is 14.5 Å². The van der Waals surface area contributed by atoms with Crippen LogP contribution in [0.2, 0.25) is 6.82 Å². The Balaban J connectivity index is 1.96. The second-order valence-corrected chi connectivity index (χ2v) is 5.71. The van der Waals surface area contributed by atoms with Gasteiger partial charge in [0.15, 0.2) is 0 Å². The first-order valence-corrected chi connectivity index (χ1v) is 7.84. The lowest BCUT2D eigenvalue weighted by Gasteiger charge is -2.33. The molecular weight excluding hydrogens is 273 g/mol. The van der Waals surface area contributed by atoms with Crippen molar-refractivity contribution in [3.8, 4) is 0 Å². The Morgan fingerprint density at radius 3 is 2.52 bits per heavy atom. The summed E-state index contributed by atoms with van der Waals surface area (Å²) in [6, 6.07) is 0.0929. The van der Waals surface area contributed by atoms with Gasteiger partial charge in [0, 0.05) is 12.6 Å². The standard InChI is InChI=1S/C14H24BNO5/c1-3-4-8-19-12-7-5-6-11(12)16-9-13(17)20-15(2)21-14(18)10-16/h11-12H,3-10H2,1-2H3/t11-,12-/m0/s1. The first-order valence-electron chi connectivity index (χ1n) is 7.84. The fourth-order valence-corrected chi connectivity index (χ4v) is 2.99. The van der Waals surface area contributed by atoms with Crippen molar-refractivity contribution in [1.82, 2.24) is 4.90 Å². The minimum Gasteiger partial charge on any atom is -0.498 e. The highest BCUT2D eigenvalue weighted by Gasteiger charge is 2.37. The number of hydrogen-bond acceptors (Lipinski definition) is 6. The molecule has 0 aromatic heterocycles. The first kappa shape index (κ1) is 16.3. The zero-order valence-electron chi connectivity index (χ0n) is 12.9. The van der Waals surface area contributed by atoms with Gasteiger partial charge < -0.3 is 14.0 Å². The van der Waals surface area contributed by atoms with Crippen LogP contribution in [0, 0.1) is 0 Å². The Morgan fingerprint density at radius 1 is 1.24 bits per heavy atom. The minimum atomic E-state index is -0.799. The molecule has 0 amide bonds. The zero-order valence-corrected chi connectivity index (χ0v) is 12.9. The number of carbonyl (C=O) groups is 2. The number of hydrogen-bond donors (Lipinski definition) is 0. The third-order valence-corrected chi connectivity index (χ3v) is 3.98. The summed E-state index contributed by atoms with van der Waals surface area (Å²) in [6.45, 7) is 4.66. The van der Waals surface area contributed by atoms with E-state index in [-0.39, 0.29) is 37.2 Å². The molecule has 118 valence electrons. The van der Waals surface area contributed by atoms with Gasteiger partial charge in [-0.1, -0.05) is 13.3 Å². The van der Waals surface area contributed by atoms with Crippen LogP contribution in [0.4, 0.5) is 0 Å². The van der Waals surface area contributed by atoms with Crippen molar-refractivity contribution in [3.63, 3.8) is 0 Å². The van der Waals surface area contributed by atoms with Crippen LogP contribution in [0.5, 0.6) is 0 Å². The number of rotatable bonds is 5. The summed E-state index contributed by atoms with van der Waals surface area (Å²) in [5.41, 5.74) is 0. The van der Waals surface area contributed by atoms with Gasteiger partial charge in [-0.25, -0.2) is 0 Å². The van der Waals surface area contributed by atoms with Crippen LogP contribution in [0.15, 0.2) is 0 Å². The van der Waals surface area contributed by atoms with Crippen molar-refractivity contribution < 1.29 is 23.6 Å². The Morgan fingerprint density at radius 2 is 1.90 bits per heavy atom. The average Bonchev–Trinajstić information content (AvgIpc) is 2.84. The van der Waals surface area contributed by atoms with Crippen LogP contribution in [-0.4, -0.2) is 55.8 Å². The maximum atomic E-state index is 11.8. The predicted octanol–water partition coefficient (Wildman–Crippen LogP) is 1.24. The van der Waals surface area contributed by atoms with Gasteiger partial charge in [-0.15, -0.1) is 0 Å². The van der Waals surface area contributed by atoms with Crippen molar-refractivity contribution in [3.05, 3.63) is 0 Å². The molecular formula is C14H24BNO5. The summed E-state index contributed by atoms with van der Waals surface area (Å²) in [5, 5.41) is 0. The maximum absolute atomic E-state index is 11.8. The third-order valence-electron chi connectivity index (χ3n) is 3.98. The van der Waals surface area contributed by atoms with E-state index in [1.807, 2.05) is 4.90 Å². The Hall–Kier alpha value is -1.08. The molecule has 2 fully saturated rings. The Kier molecular flexibility index (Phi) is 6.05. The monoisotopic (exact) mass is 297 g/mol. The largest absolute Gasteiger partial charge is 0.595 e. The lowest BCUT2D eigenvalue weighted by atomic mass is 9.95. The fraction of sp³-hybridized carbons (Fsp3) is 0.857. The Labute approximate surface area is 126 Å². The van der Waals surface area contributed by atoms with Crippen molar-refractivity contribution in [2.24, 2.45) is 0 Å². The van der Waals surface area contributed by atoms with Crippen LogP contribution in [-0.2, 0) is 23.6 Å². The van der Waals surface area contributed by atoms with E-state index in [0.29, 0.717) is 0 Å².